The Morgan fingerprint density at radius 1 is 1.00 bits per heavy atom. The number of methoxy groups -OCH3 is 2. The minimum absolute atomic E-state index is 0.120. The minimum atomic E-state index is -0.180. The van der Waals surface area contributed by atoms with Crippen LogP contribution in [0.2, 0.25) is 10.0 Å². The molecule has 0 aliphatic carbocycles. The van der Waals surface area contributed by atoms with Crippen LogP contribution < -0.4 is 14.2 Å². The van der Waals surface area contributed by atoms with Gasteiger partial charge in [-0.15, -0.1) is 0 Å². The van der Waals surface area contributed by atoms with Crippen LogP contribution in [0.1, 0.15) is 5.56 Å². The molecule has 2 rings (SSSR count). The molecule has 0 aliphatic heterocycles. The SMILES string of the molecule is COc1ccc(CN(C)C(=O)COc2ccc(Cl)cc2Cl)cc1OC. The zero-order chi connectivity index (χ0) is 18.4. The maximum atomic E-state index is 12.3. The van der Waals surface area contributed by atoms with E-state index in [1.165, 1.54) is 0 Å². The summed E-state index contributed by atoms with van der Waals surface area (Å²) in [5.74, 6) is 1.49. The highest BCUT2D eigenvalue weighted by Crippen LogP contribution is 2.29. The first-order chi connectivity index (χ1) is 11.9. The van der Waals surface area contributed by atoms with Gasteiger partial charge in [0.2, 0.25) is 0 Å². The van der Waals surface area contributed by atoms with Crippen molar-refractivity contribution < 1.29 is 19.0 Å². The lowest BCUT2D eigenvalue weighted by Crippen LogP contribution is -2.31. The Labute approximate surface area is 157 Å². The summed E-state index contributed by atoms with van der Waals surface area (Å²) in [6.45, 7) is 0.294. The molecule has 0 radical (unpaired) electrons. The van der Waals surface area contributed by atoms with E-state index in [1.54, 1.807) is 50.4 Å². The van der Waals surface area contributed by atoms with Crippen LogP contribution in [0.25, 0.3) is 0 Å². The monoisotopic (exact) mass is 383 g/mol. The number of carbonyl (C=O) groups excluding carboxylic acids is 1. The van der Waals surface area contributed by atoms with E-state index in [1.807, 2.05) is 12.1 Å². The van der Waals surface area contributed by atoms with E-state index in [0.29, 0.717) is 33.8 Å². The lowest BCUT2D eigenvalue weighted by atomic mass is 10.2. The van der Waals surface area contributed by atoms with Gasteiger partial charge in [0, 0.05) is 18.6 Å². The van der Waals surface area contributed by atoms with Crippen molar-refractivity contribution in [1.82, 2.24) is 4.90 Å². The molecule has 5 nitrogen and oxygen atoms in total. The molecule has 0 spiro atoms. The molecular weight excluding hydrogens is 365 g/mol. The molecule has 0 aliphatic rings. The van der Waals surface area contributed by atoms with Gasteiger partial charge in [-0.2, -0.15) is 0 Å². The van der Waals surface area contributed by atoms with Gasteiger partial charge < -0.3 is 19.1 Å². The number of carbonyl (C=O) groups is 1. The molecule has 0 atom stereocenters. The molecule has 0 heterocycles. The number of rotatable bonds is 7. The number of halogens is 2. The first-order valence-electron chi connectivity index (χ1n) is 7.47. The zero-order valence-corrected chi connectivity index (χ0v) is 15.7. The molecule has 1 amide bonds. The van der Waals surface area contributed by atoms with E-state index in [9.17, 15) is 4.79 Å². The highest BCUT2D eigenvalue weighted by molar-refractivity contribution is 6.35. The lowest BCUT2D eigenvalue weighted by molar-refractivity contribution is -0.132. The van der Waals surface area contributed by atoms with Gasteiger partial charge in [0.15, 0.2) is 18.1 Å². The van der Waals surface area contributed by atoms with Crippen molar-refractivity contribution in [2.45, 2.75) is 6.54 Å². The molecule has 0 unspecified atom stereocenters. The van der Waals surface area contributed by atoms with Gasteiger partial charge in [0.25, 0.3) is 5.91 Å². The molecular formula is C18H19Cl2NO4. The summed E-state index contributed by atoms with van der Waals surface area (Å²) >= 11 is 11.9. The van der Waals surface area contributed by atoms with Gasteiger partial charge in [0.05, 0.1) is 19.2 Å². The summed E-state index contributed by atoms with van der Waals surface area (Å²) < 4.78 is 15.9. The molecule has 0 bridgehead atoms. The van der Waals surface area contributed by atoms with Gasteiger partial charge in [0.1, 0.15) is 5.75 Å². The predicted octanol–water partition coefficient (Wildman–Crippen LogP) is 4.05. The van der Waals surface area contributed by atoms with Crippen molar-refractivity contribution in [1.29, 1.82) is 0 Å². The molecule has 25 heavy (non-hydrogen) atoms. The number of benzene rings is 2. The topological polar surface area (TPSA) is 48.0 Å². The summed E-state index contributed by atoms with van der Waals surface area (Å²) in [7, 11) is 4.85. The van der Waals surface area contributed by atoms with Crippen LogP contribution in [0, 0.1) is 0 Å². The fourth-order valence-corrected chi connectivity index (χ4v) is 2.65. The maximum Gasteiger partial charge on any atom is 0.260 e. The van der Waals surface area contributed by atoms with Crippen molar-refractivity contribution in [3.8, 4) is 17.2 Å². The van der Waals surface area contributed by atoms with E-state index in [-0.39, 0.29) is 12.5 Å². The zero-order valence-electron chi connectivity index (χ0n) is 14.2. The van der Waals surface area contributed by atoms with E-state index in [2.05, 4.69) is 0 Å². The van der Waals surface area contributed by atoms with Gasteiger partial charge in [-0.05, 0) is 35.9 Å². The number of likely N-dealkylation sites (N-methyl/N-ethyl adjacent to an activating group) is 1. The molecule has 134 valence electrons. The summed E-state index contributed by atoms with van der Waals surface area (Å²) in [4.78, 5) is 13.8. The average Bonchev–Trinajstić information content (AvgIpc) is 2.60. The summed E-state index contributed by atoms with van der Waals surface area (Å²) in [6.07, 6.45) is 0. The Hall–Kier alpha value is -2.11. The van der Waals surface area contributed by atoms with E-state index in [4.69, 9.17) is 37.4 Å². The number of nitrogens with zero attached hydrogens (tertiary/aromatic N) is 1. The second-order valence-electron chi connectivity index (χ2n) is 5.30. The van der Waals surface area contributed by atoms with Gasteiger partial charge in [-0.1, -0.05) is 29.3 Å². The van der Waals surface area contributed by atoms with Crippen molar-refractivity contribution in [2.75, 3.05) is 27.9 Å². The van der Waals surface area contributed by atoms with Gasteiger partial charge >= 0.3 is 0 Å². The van der Waals surface area contributed by atoms with Crippen LogP contribution in [0.15, 0.2) is 36.4 Å². The summed E-state index contributed by atoms with van der Waals surface area (Å²) in [5, 5.41) is 0.872. The summed E-state index contributed by atoms with van der Waals surface area (Å²) in [6, 6.07) is 10.4. The van der Waals surface area contributed by atoms with E-state index < -0.39 is 0 Å². The fourth-order valence-electron chi connectivity index (χ4n) is 2.18. The molecule has 2 aromatic carbocycles. The highest BCUT2D eigenvalue weighted by Gasteiger charge is 2.13. The number of hydrogen-bond acceptors (Lipinski definition) is 4. The van der Waals surface area contributed by atoms with Crippen molar-refractivity contribution >= 4 is 29.1 Å². The summed E-state index contributed by atoms with van der Waals surface area (Å²) in [5.41, 5.74) is 0.915. The Kier molecular flexibility index (Phi) is 6.79. The number of amides is 1. The van der Waals surface area contributed by atoms with Crippen molar-refractivity contribution in [2.24, 2.45) is 0 Å². The van der Waals surface area contributed by atoms with Crippen LogP contribution in [-0.2, 0) is 11.3 Å². The lowest BCUT2D eigenvalue weighted by Gasteiger charge is -2.19. The van der Waals surface area contributed by atoms with E-state index >= 15 is 0 Å². The number of ether oxygens (including phenoxy) is 3. The molecule has 0 aromatic heterocycles. The van der Waals surface area contributed by atoms with Crippen LogP contribution in [0.4, 0.5) is 0 Å². The van der Waals surface area contributed by atoms with E-state index in [0.717, 1.165) is 5.56 Å². The van der Waals surface area contributed by atoms with Gasteiger partial charge in [-0.25, -0.2) is 0 Å². The Bertz CT molecular complexity index is 752. The predicted molar refractivity (Wildman–Crippen MR) is 98.0 cm³/mol. The Morgan fingerprint density at radius 3 is 2.32 bits per heavy atom. The standard InChI is InChI=1S/C18H19Cl2NO4/c1-21(10-12-4-6-16(23-2)17(8-12)24-3)18(22)11-25-15-7-5-13(19)9-14(15)20/h4-9H,10-11H2,1-3H3. The normalized spacial score (nSPS) is 10.3. The molecule has 0 fully saturated rings. The Morgan fingerprint density at radius 2 is 1.68 bits per heavy atom. The molecule has 0 saturated heterocycles. The first-order valence-corrected chi connectivity index (χ1v) is 8.23. The van der Waals surface area contributed by atoms with Crippen LogP contribution in [0.5, 0.6) is 17.2 Å². The first kappa shape index (κ1) is 19.2. The third-order valence-electron chi connectivity index (χ3n) is 3.54. The van der Waals surface area contributed by atoms with Crippen molar-refractivity contribution in [3.05, 3.63) is 52.0 Å². The largest absolute Gasteiger partial charge is 0.493 e. The molecule has 2 aromatic rings. The van der Waals surface area contributed by atoms with Crippen molar-refractivity contribution in [3.63, 3.8) is 0 Å². The second kappa shape index (κ2) is 8.83. The van der Waals surface area contributed by atoms with Crippen LogP contribution >= 0.6 is 23.2 Å². The number of hydrogen-bond donors (Lipinski definition) is 0. The molecule has 7 heteroatoms. The van der Waals surface area contributed by atoms with Crippen LogP contribution in [0.3, 0.4) is 0 Å². The third-order valence-corrected chi connectivity index (χ3v) is 4.07. The fraction of sp³-hybridized carbons (Fsp3) is 0.278. The molecule has 0 saturated carbocycles. The highest BCUT2D eigenvalue weighted by atomic mass is 35.5. The quantitative estimate of drug-likeness (QED) is 0.723. The third kappa shape index (κ3) is 5.18. The van der Waals surface area contributed by atoms with Gasteiger partial charge in [-0.3, -0.25) is 4.79 Å². The molecule has 0 N–H and O–H groups in total. The minimum Gasteiger partial charge on any atom is -0.493 e. The maximum absolute atomic E-state index is 12.3. The Balaban J connectivity index is 1.96. The average molecular weight is 384 g/mol. The smallest absolute Gasteiger partial charge is 0.260 e. The van der Waals surface area contributed by atoms with Crippen LogP contribution in [-0.4, -0.2) is 38.7 Å². The second-order valence-corrected chi connectivity index (χ2v) is 6.15.